The van der Waals surface area contributed by atoms with Gasteiger partial charge >= 0.3 is 0 Å². The van der Waals surface area contributed by atoms with Gasteiger partial charge in [-0.15, -0.1) is 0 Å². The van der Waals surface area contributed by atoms with Crippen molar-refractivity contribution in [2.24, 2.45) is 16.8 Å². The minimum absolute atomic E-state index is 0.0596. The number of aliphatic imine (C=N–C) groups is 1. The molecule has 3 nitrogen and oxygen atoms in total. The normalized spacial score (nSPS) is 26.7. The van der Waals surface area contributed by atoms with E-state index in [0.717, 1.165) is 48.0 Å². The van der Waals surface area contributed by atoms with Crippen molar-refractivity contribution < 1.29 is 9.53 Å². The van der Waals surface area contributed by atoms with Gasteiger partial charge in [0, 0.05) is 30.2 Å². The first kappa shape index (κ1) is 19.2. The minimum atomic E-state index is 0.0596. The summed E-state index contributed by atoms with van der Waals surface area (Å²) in [5.74, 6) is 0.746. The van der Waals surface area contributed by atoms with Crippen LogP contribution in [-0.4, -0.2) is 24.0 Å². The Morgan fingerprint density at radius 1 is 1.46 bits per heavy atom. The molecule has 1 fully saturated rings. The van der Waals surface area contributed by atoms with E-state index in [0.29, 0.717) is 5.92 Å². The van der Waals surface area contributed by atoms with E-state index in [1.165, 1.54) is 11.1 Å². The number of ketones is 1. The quantitative estimate of drug-likeness (QED) is 0.654. The fraction of sp³-hybridized carbons (Fsp3) is 0.600. The van der Waals surface area contributed by atoms with Crippen LogP contribution in [0.25, 0.3) is 0 Å². The lowest BCUT2D eigenvalue weighted by Crippen LogP contribution is -2.11. The molecule has 2 heterocycles. The molecule has 2 aliphatic rings. The van der Waals surface area contributed by atoms with Crippen LogP contribution < -0.4 is 0 Å². The maximum atomic E-state index is 12.8. The fourth-order valence-corrected chi connectivity index (χ4v) is 4.28. The van der Waals surface area contributed by atoms with Crippen LogP contribution in [0.15, 0.2) is 38.9 Å². The Morgan fingerprint density at radius 2 is 2.21 bits per heavy atom. The lowest BCUT2D eigenvalue weighted by atomic mass is 9.90. The van der Waals surface area contributed by atoms with Crippen LogP contribution >= 0.6 is 11.8 Å². The van der Waals surface area contributed by atoms with E-state index in [2.05, 4.69) is 32.7 Å². The number of carbonyl (C=O) groups is 1. The molecule has 0 aromatic carbocycles. The fourth-order valence-electron chi connectivity index (χ4n) is 3.00. The van der Waals surface area contributed by atoms with E-state index in [-0.39, 0.29) is 11.7 Å². The molecule has 2 unspecified atom stereocenters. The summed E-state index contributed by atoms with van der Waals surface area (Å²) >= 11 is 1.55. The van der Waals surface area contributed by atoms with Gasteiger partial charge in [-0.1, -0.05) is 44.2 Å². The maximum absolute atomic E-state index is 12.8. The van der Waals surface area contributed by atoms with Crippen molar-refractivity contribution in [1.82, 2.24) is 0 Å². The molecule has 0 spiro atoms. The van der Waals surface area contributed by atoms with E-state index in [1.807, 2.05) is 19.2 Å². The van der Waals surface area contributed by atoms with E-state index in [4.69, 9.17) is 4.74 Å². The Balaban J connectivity index is 2.44. The summed E-state index contributed by atoms with van der Waals surface area (Å²) in [5, 5.41) is 0.966. The van der Waals surface area contributed by atoms with Crippen molar-refractivity contribution in [3.63, 3.8) is 0 Å². The number of thioether (sulfide) groups is 1. The van der Waals surface area contributed by atoms with Crippen LogP contribution in [0.3, 0.4) is 0 Å². The number of hydrogen-bond acceptors (Lipinski definition) is 4. The Hall–Kier alpha value is -1.13. The van der Waals surface area contributed by atoms with Crippen molar-refractivity contribution in [3.05, 3.63) is 33.9 Å². The summed E-state index contributed by atoms with van der Waals surface area (Å²) in [7, 11) is 0. The SMILES string of the molecule is CC/C=C/N=C1\SC(C(=O)C(C)CC)=C(C)\C1=C(\C)C1CCOC1. The molecule has 1 saturated heterocycles. The van der Waals surface area contributed by atoms with Gasteiger partial charge in [0.25, 0.3) is 0 Å². The van der Waals surface area contributed by atoms with Gasteiger partial charge in [0.15, 0.2) is 5.78 Å². The van der Waals surface area contributed by atoms with Gasteiger partial charge in [-0.3, -0.25) is 4.79 Å². The first-order valence-electron chi connectivity index (χ1n) is 8.96. The molecule has 0 radical (unpaired) electrons. The molecule has 0 aromatic rings. The number of nitrogens with zero attached hydrogens (tertiary/aromatic N) is 1. The number of rotatable bonds is 6. The van der Waals surface area contributed by atoms with Gasteiger partial charge in [0.1, 0.15) is 5.04 Å². The first-order valence-corrected chi connectivity index (χ1v) is 9.77. The molecule has 0 aliphatic carbocycles. The molecular weight excluding hydrogens is 318 g/mol. The van der Waals surface area contributed by atoms with Crippen LogP contribution in [0, 0.1) is 11.8 Å². The summed E-state index contributed by atoms with van der Waals surface area (Å²) in [6.45, 7) is 12.0. The lowest BCUT2D eigenvalue weighted by molar-refractivity contribution is -0.118. The van der Waals surface area contributed by atoms with E-state index in [9.17, 15) is 4.79 Å². The second-order valence-corrected chi connectivity index (χ2v) is 7.57. The average Bonchev–Trinajstić information content (AvgIpc) is 3.21. The summed E-state index contributed by atoms with van der Waals surface area (Å²) in [6, 6.07) is 0. The predicted octanol–water partition coefficient (Wildman–Crippen LogP) is 5.30. The zero-order valence-corrected chi connectivity index (χ0v) is 16.3. The molecule has 24 heavy (non-hydrogen) atoms. The minimum Gasteiger partial charge on any atom is -0.381 e. The average molecular weight is 348 g/mol. The molecule has 0 saturated carbocycles. The van der Waals surface area contributed by atoms with Crippen molar-refractivity contribution in [3.8, 4) is 0 Å². The van der Waals surface area contributed by atoms with Gasteiger partial charge in [-0.05, 0) is 38.7 Å². The van der Waals surface area contributed by atoms with Gasteiger partial charge < -0.3 is 4.74 Å². The topological polar surface area (TPSA) is 38.7 Å². The Labute approximate surface area is 150 Å². The standard InChI is InChI=1S/C20H29NO2S/c1-6-8-10-21-20-17(14(4)16-9-11-23-12-16)15(5)19(24-20)18(22)13(3)7-2/h8,10,13,16H,6-7,9,11-12H2,1-5H3/b10-8+,17-14+,21-20-. The van der Waals surface area contributed by atoms with Crippen LogP contribution in [0.2, 0.25) is 0 Å². The van der Waals surface area contributed by atoms with Crippen molar-refractivity contribution >= 4 is 22.6 Å². The molecule has 0 N–H and O–H groups in total. The highest BCUT2D eigenvalue weighted by atomic mass is 32.2. The zero-order valence-electron chi connectivity index (χ0n) is 15.5. The third kappa shape index (κ3) is 4.09. The highest BCUT2D eigenvalue weighted by Crippen LogP contribution is 2.43. The van der Waals surface area contributed by atoms with E-state index >= 15 is 0 Å². The zero-order chi connectivity index (χ0) is 17.7. The molecule has 0 amide bonds. The number of ether oxygens (including phenoxy) is 1. The lowest BCUT2D eigenvalue weighted by Gasteiger charge is -2.13. The highest BCUT2D eigenvalue weighted by Gasteiger charge is 2.33. The molecular formula is C20H29NO2S. The monoisotopic (exact) mass is 347 g/mol. The van der Waals surface area contributed by atoms with Gasteiger partial charge in [0.2, 0.25) is 0 Å². The van der Waals surface area contributed by atoms with Crippen LogP contribution in [0.1, 0.15) is 53.9 Å². The summed E-state index contributed by atoms with van der Waals surface area (Å²) in [4.78, 5) is 18.3. The summed E-state index contributed by atoms with van der Waals surface area (Å²) < 4.78 is 5.56. The number of carbonyl (C=O) groups excluding carboxylic acids is 1. The molecule has 2 atom stereocenters. The van der Waals surface area contributed by atoms with Crippen molar-refractivity contribution in [2.75, 3.05) is 13.2 Å². The first-order chi connectivity index (χ1) is 11.5. The van der Waals surface area contributed by atoms with Gasteiger partial charge in [-0.25, -0.2) is 4.99 Å². The predicted molar refractivity (Wildman–Crippen MR) is 103 cm³/mol. The number of hydrogen-bond donors (Lipinski definition) is 0. The van der Waals surface area contributed by atoms with Gasteiger partial charge in [0.05, 0.1) is 11.5 Å². The second kappa shape index (κ2) is 8.82. The maximum Gasteiger partial charge on any atom is 0.172 e. The van der Waals surface area contributed by atoms with Crippen LogP contribution in [0.5, 0.6) is 0 Å². The highest BCUT2D eigenvalue weighted by molar-refractivity contribution is 8.19. The Kier molecular flexibility index (Phi) is 7.05. The molecule has 2 rings (SSSR count). The number of allylic oxidation sites excluding steroid dienone is 3. The summed E-state index contributed by atoms with van der Waals surface area (Å²) in [5.41, 5.74) is 3.58. The van der Waals surface area contributed by atoms with Crippen molar-refractivity contribution in [1.29, 1.82) is 0 Å². The van der Waals surface area contributed by atoms with E-state index < -0.39 is 0 Å². The number of Topliss-reactive ketones (excluding diaryl/α,β-unsaturated/α-hetero) is 1. The molecule has 0 aromatic heterocycles. The molecule has 2 aliphatic heterocycles. The molecule has 4 heteroatoms. The van der Waals surface area contributed by atoms with Crippen molar-refractivity contribution in [2.45, 2.75) is 53.9 Å². The largest absolute Gasteiger partial charge is 0.381 e. The Morgan fingerprint density at radius 3 is 2.79 bits per heavy atom. The second-order valence-electron chi connectivity index (χ2n) is 6.58. The van der Waals surface area contributed by atoms with Crippen LogP contribution in [0.4, 0.5) is 0 Å². The Bertz CT molecular complexity index is 607. The summed E-state index contributed by atoms with van der Waals surface area (Å²) in [6.07, 6.45) is 6.79. The van der Waals surface area contributed by atoms with E-state index in [1.54, 1.807) is 11.8 Å². The third-order valence-electron chi connectivity index (χ3n) is 4.88. The van der Waals surface area contributed by atoms with Gasteiger partial charge in [-0.2, -0.15) is 0 Å². The molecule has 132 valence electrons. The third-order valence-corrected chi connectivity index (χ3v) is 6.10. The van der Waals surface area contributed by atoms with Crippen LogP contribution in [-0.2, 0) is 9.53 Å². The smallest absolute Gasteiger partial charge is 0.172 e. The molecule has 0 bridgehead atoms.